The molecule has 2 aromatic rings. The molecule has 3 heteroatoms. The number of amides is 1. The van der Waals surface area contributed by atoms with Crippen molar-refractivity contribution in [2.24, 2.45) is 0 Å². The first-order chi connectivity index (χ1) is 9.01. The van der Waals surface area contributed by atoms with E-state index in [4.69, 9.17) is 0 Å². The van der Waals surface area contributed by atoms with Crippen molar-refractivity contribution in [1.29, 1.82) is 0 Å². The summed E-state index contributed by atoms with van der Waals surface area (Å²) >= 11 is 0. The zero-order valence-electron chi connectivity index (χ0n) is 10.9. The molecule has 0 bridgehead atoms. The van der Waals surface area contributed by atoms with Crippen LogP contribution in [0.5, 0.6) is 0 Å². The number of anilines is 1. The number of benzene rings is 2. The quantitative estimate of drug-likeness (QED) is 0.849. The lowest BCUT2D eigenvalue weighted by Crippen LogP contribution is -2.41. The Kier molecular flexibility index (Phi) is 2.47. The van der Waals surface area contributed by atoms with E-state index < -0.39 is 5.72 Å². The Morgan fingerprint density at radius 1 is 1.05 bits per heavy atom. The zero-order chi connectivity index (χ0) is 13.6. The summed E-state index contributed by atoms with van der Waals surface area (Å²) in [6, 6.07) is 14.8. The fourth-order valence-corrected chi connectivity index (χ4v) is 2.58. The van der Waals surface area contributed by atoms with Gasteiger partial charge in [0, 0.05) is 16.8 Å². The van der Waals surface area contributed by atoms with E-state index >= 15 is 0 Å². The van der Waals surface area contributed by atoms with Crippen molar-refractivity contribution in [2.45, 2.75) is 19.6 Å². The van der Waals surface area contributed by atoms with E-state index in [2.05, 4.69) is 0 Å². The summed E-state index contributed by atoms with van der Waals surface area (Å²) in [4.78, 5) is 13.9. The van der Waals surface area contributed by atoms with Gasteiger partial charge >= 0.3 is 0 Å². The average Bonchev–Trinajstić information content (AvgIpc) is 2.60. The van der Waals surface area contributed by atoms with Crippen LogP contribution in [-0.2, 0) is 5.72 Å². The van der Waals surface area contributed by atoms with Gasteiger partial charge in [-0.15, -0.1) is 0 Å². The van der Waals surface area contributed by atoms with E-state index in [1.807, 2.05) is 43.3 Å². The van der Waals surface area contributed by atoms with E-state index in [1.165, 1.54) is 4.90 Å². The minimum Gasteiger partial charge on any atom is -0.367 e. The lowest BCUT2D eigenvalue weighted by atomic mass is 10.0. The van der Waals surface area contributed by atoms with E-state index in [1.54, 1.807) is 19.1 Å². The Labute approximate surface area is 112 Å². The Bertz CT molecular complexity index is 644. The molecule has 0 aliphatic carbocycles. The minimum absolute atomic E-state index is 0.163. The highest BCUT2D eigenvalue weighted by Crippen LogP contribution is 2.39. The molecule has 0 saturated carbocycles. The topological polar surface area (TPSA) is 40.5 Å². The van der Waals surface area contributed by atoms with Crippen LogP contribution in [0.2, 0.25) is 0 Å². The van der Waals surface area contributed by atoms with Crippen LogP contribution in [0.1, 0.15) is 28.4 Å². The number of aliphatic hydroxyl groups is 1. The molecule has 3 rings (SSSR count). The highest BCUT2D eigenvalue weighted by molar-refractivity contribution is 6.11. The van der Waals surface area contributed by atoms with Gasteiger partial charge in [-0.3, -0.25) is 9.69 Å². The van der Waals surface area contributed by atoms with Gasteiger partial charge in [-0.1, -0.05) is 35.9 Å². The molecule has 1 unspecified atom stereocenters. The van der Waals surface area contributed by atoms with Crippen LogP contribution in [0, 0.1) is 6.92 Å². The molecule has 0 aromatic heterocycles. The van der Waals surface area contributed by atoms with Gasteiger partial charge < -0.3 is 5.11 Å². The Morgan fingerprint density at radius 3 is 2.32 bits per heavy atom. The van der Waals surface area contributed by atoms with E-state index in [0.717, 1.165) is 5.56 Å². The molecule has 0 fully saturated rings. The molecule has 19 heavy (non-hydrogen) atoms. The van der Waals surface area contributed by atoms with Gasteiger partial charge in [0.15, 0.2) is 5.72 Å². The Hall–Kier alpha value is -2.13. The van der Waals surface area contributed by atoms with Crippen molar-refractivity contribution in [2.75, 3.05) is 4.90 Å². The predicted molar refractivity (Wildman–Crippen MR) is 74.0 cm³/mol. The van der Waals surface area contributed by atoms with Crippen LogP contribution in [0.4, 0.5) is 5.69 Å². The van der Waals surface area contributed by atoms with Crippen LogP contribution in [0.25, 0.3) is 0 Å². The smallest absolute Gasteiger partial charge is 0.261 e. The molecule has 0 radical (unpaired) electrons. The lowest BCUT2D eigenvalue weighted by molar-refractivity contribution is 0.0555. The maximum Gasteiger partial charge on any atom is 0.261 e. The molecule has 1 amide bonds. The average molecular weight is 253 g/mol. The van der Waals surface area contributed by atoms with Crippen LogP contribution in [-0.4, -0.2) is 11.0 Å². The largest absolute Gasteiger partial charge is 0.367 e. The van der Waals surface area contributed by atoms with Crippen LogP contribution in [0.15, 0.2) is 48.5 Å². The van der Waals surface area contributed by atoms with E-state index in [-0.39, 0.29) is 5.91 Å². The van der Waals surface area contributed by atoms with Crippen molar-refractivity contribution >= 4 is 11.6 Å². The normalized spacial score (nSPS) is 21.6. The maximum atomic E-state index is 12.5. The Balaban J connectivity index is 2.15. The molecule has 1 aliphatic heterocycles. The number of aryl methyl sites for hydroxylation is 1. The van der Waals surface area contributed by atoms with Gasteiger partial charge in [-0.05, 0) is 32.0 Å². The van der Waals surface area contributed by atoms with Crippen LogP contribution in [0.3, 0.4) is 0 Å². The predicted octanol–water partition coefficient (Wildman–Crippen LogP) is 2.82. The number of nitrogens with zero attached hydrogens (tertiary/aromatic N) is 1. The highest BCUT2D eigenvalue weighted by atomic mass is 16.3. The number of rotatable bonds is 1. The molecule has 96 valence electrons. The summed E-state index contributed by atoms with van der Waals surface area (Å²) in [7, 11) is 0. The van der Waals surface area contributed by atoms with Gasteiger partial charge in [0.1, 0.15) is 0 Å². The Morgan fingerprint density at radius 2 is 1.68 bits per heavy atom. The van der Waals surface area contributed by atoms with Crippen LogP contribution >= 0.6 is 0 Å². The molecule has 0 spiro atoms. The first kappa shape index (κ1) is 11.9. The first-order valence-corrected chi connectivity index (χ1v) is 6.25. The van der Waals surface area contributed by atoms with Crippen LogP contribution < -0.4 is 4.90 Å². The minimum atomic E-state index is -1.30. The number of carbonyl (C=O) groups is 1. The van der Waals surface area contributed by atoms with Gasteiger partial charge in [-0.2, -0.15) is 0 Å². The van der Waals surface area contributed by atoms with Crippen molar-refractivity contribution in [3.05, 3.63) is 65.2 Å². The third-order valence-corrected chi connectivity index (χ3v) is 3.60. The number of fused-ring (bicyclic) bond motifs is 1. The zero-order valence-corrected chi connectivity index (χ0v) is 10.9. The molecule has 1 N–H and O–H groups in total. The summed E-state index contributed by atoms with van der Waals surface area (Å²) in [6.07, 6.45) is 0. The monoisotopic (exact) mass is 253 g/mol. The molecule has 2 aromatic carbocycles. The van der Waals surface area contributed by atoms with Crippen molar-refractivity contribution < 1.29 is 9.90 Å². The molecule has 1 atom stereocenters. The summed E-state index contributed by atoms with van der Waals surface area (Å²) in [5.74, 6) is -0.163. The lowest BCUT2D eigenvalue weighted by Gasteiger charge is -2.30. The van der Waals surface area contributed by atoms with Crippen molar-refractivity contribution in [3.63, 3.8) is 0 Å². The third kappa shape index (κ3) is 1.66. The molecule has 1 heterocycles. The first-order valence-electron chi connectivity index (χ1n) is 6.25. The highest BCUT2D eigenvalue weighted by Gasteiger charge is 2.45. The molecular formula is C16H15NO2. The van der Waals surface area contributed by atoms with Gasteiger partial charge in [0.05, 0.1) is 0 Å². The summed E-state index contributed by atoms with van der Waals surface area (Å²) in [6.45, 7) is 3.64. The SMILES string of the molecule is Cc1ccc(N2C(=O)c3ccccc3C2(C)O)cc1. The molecule has 3 nitrogen and oxygen atoms in total. The van der Waals surface area contributed by atoms with E-state index in [9.17, 15) is 9.90 Å². The van der Waals surface area contributed by atoms with Crippen molar-refractivity contribution in [3.8, 4) is 0 Å². The summed E-state index contributed by atoms with van der Waals surface area (Å²) < 4.78 is 0. The molecule has 0 saturated heterocycles. The van der Waals surface area contributed by atoms with E-state index in [0.29, 0.717) is 16.8 Å². The van der Waals surface area contributed by atoms with Gasteiger partial charge in [0.25, 0.3) is 5.91 Å². The molecular weight excluding hydrogens is 238 g/mol. The summed E-state index contributed by atoms with van der Waals surface area (Å²) in [5, 5.41) is 10.7. The van der Waals surface area contributed by atoms with Crippen molar-refractivity contribution in [1.82, 2.24) is 0 Å². The standard InChI is InChI=1S/C16H15NO2/c1-11-7-9-12(10-8-11)17-15(18)13-5-3-4-6-14(13)16(17,2)19/h3-10,19H,1-2H3. The summed E-state index contributed by atoms with van der Waals surface area (Å²) in [5.41, 5.74) is 1.74. The second-order valence-corrected chi connectivity index (χ2v) is 5.04. The molecule has 1 aliphatic rings. The second kappa shape index (κ2) is 3.93. The second-order valence-electron chi connectivity index (χ2n) is 5.04. The third-order valence-electron chi connectivity index (χ3n) is 3.60. The fourth-order valence-electron chi connectivity index (χ4n) is 2.58. The number of hydrogen-bond donors (Lipinski definition) is 1. The van der Waals surface area contributed by atoms with Gasteiger partial charge in [-0.25, -0.2) is 0 Å². The maximum absolute atomic E-state index is 12.5. The van der Waals surface area contributed by atoms with Gasteiger partial charge in [0.2, 0.25) is 0 Å². The fraction of sp³-hybridized carbons (Fsp3) is 0.188. The number of hydrogen-bond acceptors (Lipinski definition) is 2. The number of carbonyl (C=O) groups excluding carboxylic acids is 1.